The molecule has 38 heavy (non-hydrogen) atoms. The van der Waals surface area contributed by atoms with E-state index >= 15 is 0 Å². The minimum Gasteiger partial charge on any atom is -0.353 e. The lowest BCUT2D eigenvalue weighted by atomic mass is 10.0. The summed E-state index contributed by atoms with van der Waals surface area (Å²) in [4.78, 5) is 18.4. The van der Waals surface area contributed by atoms with Gasteiger partial charge in [-0.25, -0.2) is 8.78 Å². The monoisotopic (exact) mass is 507 g/mol. The van der Waals surface area contributed by atoms with Crippen LogP contribution >= 0.6 is 0 Å². The summed E-state index contributed by atoms with van der Waals surface area (Å²) in [5.74, 6) is -2.61. The zero-order valence-corrected chi connectivity index (χ0v) is 20.3. The molecule has 6 aromatic rings. The first kappa shape index (κ1) is 22.7. The summed E-state index contributed by atoms with van der Waals surface area (Å²) in [6.45, 7) is 0.602. The first-order valence-corrected chi connectivity index (χ1v) is 12.4. The molecule has 7 rings (SSSR count). The predicted octanol–water partition coefficient (Wildman–Crippen LogP) is 6.07. The van der Waals surface area contributed by atoms with Crippen molar-refractivity contribution >= 4 is 21.8 Å². The Morgan fingerprint density at radius 1 is 0.895 bits per heavy atom. The number of aromatic amines is 2. The molecule has 0 aliphatic carbocycles. The van der Waals surface area contributed by atoms with E-state index in [0.29, 0.717) is 13.1 Å². The smallest absolute Gasteiger partial charge is 0.261 e. The van der Waals surface area contributed by atoms with Gasteiger partial charge in [-0.3, -0.25) is 25.0 Å². The number of alkyl halides is 2. The Morgan fingerprint density at radius 3 is 2.63 bits per heavy atom. The van der Waals surface area contributed by atoms with Crippen LogP contribution < -0.4 is 0 Å². The van der Waals surface area contributed by atoms with Gasteiger partial charge < -0.3 is 4.98 Å². The number of pyridine rings is 3. The molecule has 1 saturated heterocycles. The van der Waals surface area contributed by atoms with Crippen molar-refractivity contribution in [1.82, 2.24) is 35.0 Å². The van der Waals surface area contributed by atoms with Crippen molar-refractivity contribution in [3.63, 3.8) is 0 Å². The quantitative estimate of drug-likeness (QED) is 0.296. The summed E-state index contributed by atoms with van der Waals surface area (Å²) in [6, 6.07) is 16.3. The van der Waals surface area contributed by atoms with Gasteiger partial charge in [0.05, 0.1) is 29.6 Å². The Balaban J connectivity index is 1.24. The lowest BCUT2D eigenvalue weighted by Crippen LogP contribution is -2.24. The molecule has 0 atom stereocenters. The van der Waals surface area contributed by atoms with Crippen LogP contribution in [0.5, 0.6) is 0 Å². The van der Waals surface area contributed by atoms with Crippen LogP contribution in [0.25, 0.3) is 55.6 Å². The van der Waals surface area contributed by atoms with E-state index < -0.39 is 5.92 Å². The minimum atomic E-state index is -2.61. The Morgan fingerprint density at radius 2 is 1.79 bits per heavy atom. The largest absolute Gasteiger partial charge is 0.353 e. The SMILES string of the molecule is FC1(F)CCN(Cc2cncc(-c3cc4c(-c5cc6c(-c7ccncc7)cccc6[nH]5)n[nH]c4cn3)c2)C1. The number of nitrogens with zero attached hydrogens (tertiary/aromatic N) is 5. The molecule has 1 aliphatic rings. The van der Waals surface area contributed by atoms with Gasteiger partial charge in [0.2, 0.25) is 0 Å². The molecule has 2 N–H and O–H groups in total. The van der Waals surface area contributed by atoms with Crippen LogP contribution in [0.3, 0.4) is 0 Å². The molecule has 0 radical (unpaired) electrons. The number of nitrogens with one attached hydrogen (secondary N) is 2. The lowest BCUT2D eigenvalue weighted by Gasteiger charge is -2.15. The molecular formula is C29H23F2N7. The highest BCUT2D eigenvalue weighted by Gasteiger charge is 2.37. The van der Waals surface area contributed by atoms with Gasteiger partial charge in [0.15, 0.2) is 0 Å². The van der Waals surface area contributed by atoms with Crippen LogP contribution in [-0.4, -0.2) is 54.0 Å². The highest BCUT2D eigenvalue weighted by Crippen LogP contribution is 2.35. The summed E-state index contributed by atoms with van der Waals surface area (Å²) in [6.07, 6.45) is 8.73. The van der Waals surface area contributed by atoms with Crippen molar-refractivity contribution in [3.05, 3.63) is 85.1 Å². The number of halogens is 2. The van der Waals surface area contributed by atoms with Crippen LogP contribution in [0.1, 0.15) is 12.0 Å². The Kier molecular flexibility index (Phi) is 5.26. The highest BCUT2D eigenvalue weighted by molar-refractivity contribution is 6.01. The Bertz CT molecular complexity index is 1770. The van der Waals surface area contributed by atoms with Crippen LogP contribution in [0, 0.1) is 0 Å². The van der Waals surface area contributed by atoms with Crippen molar-refractivity contribution in [1.29, 1.82) is 0 Å². The van der Waals surface area contributed by atoms with E-state index in [4.69, 9.17) is 0 Å². The van der Waals surface area contributed by atoms with Gasteiger partial charge in [-0.2, -0.15) is 5.10 Å². The predicted molar refractivity (Wildman–Crippen MR) is 142 cm³/mol. The zero-order chi connectivity index (χ0) is 25.7. The Hall–Kier alpha value is -4.50. The van der Waals surface area contributed by atoms with Gasteiger partial charge in [0.25, 0.3) is 5.92 Å². The molecule has 0 unspecified atom stereocenters. The highest BCUT2D eigenvalue weighted by atomic mass is 19.3. The Labute approximate surface area is 216 Å². The molecule has 0 amide bonds. The fourth-order valence-corrected chi connectivity index (χ4v) is 5.26. The average Bonchev–Trinajstić information content (AvgIpc) is 3.64. The maximum atomic E-state index is 13.6. The fourth-order valence-electron chi connectivity index (χ4n) is 5.26. The van der Waals surface area contributed by atoms with Crippen molar-refractivity contribution < 1.29 is 8.78 Å². The third kappa shape index (κ3) is 4.10. The number of rotatable bonds is 5. The number of hydrogen-bond acceptors (Lipinski definition) is 5. The minimum absolute atomic E-state index is 0.0978. The maximum absolute atomic E-state index is 13.6. The van der Waals surface area contributed by atoms with E-state index in [2.05, 4.69) is 48.3 Å². The first-order chi connectivity index (χ1) is 18.5. The van der Waals surface area contributed by atoms with E-state index in [9.17, 15) is 8.78 Å². The summed E-state index contributed by atoms with van der Waals surface area (Å²) < 4.78 is 27.3. The molecule has 7 nitrogen and oxygen atoms in total. The second-order valence-corrected chi connectivity index (χ2v) is 9.77. The number of likely N-dealkylation sites (tertiary alicyclic amines) is 1. The van der Waals surface area contributed by atoms with Crippen molar-refractivity contribution in [2.24, 2.45) is 0 Å². The van der Waals surface area contributed by atoms with Crippen molar-refractivity contribution in [3.8, 4) is 33.8 Å². The standard InChI is InChI=1S/C29H23F2N7/c30-29(31)6-9-38(17-29)16-18-10-20(14-33-13-18)25-12-23-27(15-34-25)36-37-28(23)26-11-22-21(2-1-3-24(22)35-26)19-4-7-32-8-5-19/h1-5,7-8,10-15,35H,6,9,16-17H2,(H,36,37). The number of aromatic nitrogens is 6. The van der Waals surface area contributed by atoms with Gasteiger partial charge in [0, 0.05) is 66.2 Å². The second-order valence-electron chi connectivity index (χ2n) is 9.77. The van der Waals surface area contributed by atoms with Crippen molar-refractivity contribution in [2.75, 3.05) is 13.1 Å². The summed E-state index contributed by atoms with van der Waals surface area (Å²) in [5.41, 5.74) is 8.20. The maximum Gasteiger partial charge on any atom is 0.261 e. The third-order valence-electron chi connectivity index (χ3n) is 7.10. The van der Waals surface area contributed by atoms with Gasteiger partial charge in [-0.15, -0.1) is 0 Å². The molecule has 1 fully saturated rings. The molecule has 0 bridgehead atoms. The normalized spacial score (nSPS) is 15.5. The summed E-state index contributed by atoms with van der Waals surface area (Å²) in [7, 11) is 0. The molecule has 1 aromatic carbocycles. The van der Waals surface area contributed by atoms with E-state index in [1.54, 1.807) is 35.9 Å². The summed E-state index contributed by atoms with van der Waals surface area (Å²) >= 11 is 0. The van der Waals surface area contributed by atoms with Gasteiger partial charge in [0.1, 0.15) is 5.69 Å². The fraction of sp³-hybridized carbons (Fsp3) is 0.172. The topological polar surface area (TPSA) is 86.4 Å². The first-order valence-electron chi connectivity index (χ1n) is 12.4. The van der Waals surface area contributed by atoms with Crippen molar-refractivity contribution in [2.45, 2.75) is 18.9 Å². The molecule has 188 valence electrons. The van der Waals surface area contributed by atoms with E-state index in [-0.39, 0.29) is 13.0 Å². The molecule has 0 spiro atoms. The number of hydrogen-bond donors (Lipinski definition) is 2. The molecule has 0 saturated carbocycles. The second kappa shape index (κ2) is 8.81. The number of H-pyrrole nitrogens is 2. The molecule has 6 heterocycles. The lowest BCUT2D eigenvalue weighted by molar-refractivity contribution is 0.0115. The van der Waals surface area contributed by atoms with Crippen LogP contribution in [-0.2, 0) is 6.54 Å². The van der Waals surface area contributed by atoms with Crippen LogP contribution in [0.15, 0.2) is 79.5 Å². The molecule has 5 aromatic heterocycles. The van der Waals surface area contributed by atoms with Crippen LogP contribution in [0.2, 0.25) is 0 Å². The van der Waals surface area contributed by atoms with E-state index in [0.717, 1.165) is 61.1 Å². The third-order valence-corrected chi connectivity index (χ3v) is 7.10. The molecule has 1 aliphatic heterocycles. The molecular weight excluding hydrogens is 484 g/mol. The zero-order valence-electron chi connectivity index (χ0n) is 20.3. The number of fused-ring (bicyclic) bond motifs is 2. The van der Waals surface area contributed by atoms with Gasteiger partial charge in [-0.1, -0.05) is 12.1 Å². The summed E-state index contributed by atoms with van der Waals surface area (Å²) in [5, 5.41) is 9.72. The number of benzene rings is 1. The van der Waals surface area contributed by atoms with E-state index in [1.807, 2.05) is 30.3 Å². The molecule has 9 heteroatoms. The van der Waals surface area contributed by atoms with Crippen LogP contribution in [0.4, 0.5) is 8.78 Å². The van der Waals surface area contributed by atoms with E-state index in [1.165, 1.54) is 0 Å². The van der Waals surface area contributed by atoms with Gasteiger partial charge >= 0.3 is 0 Å². The van der Waals surface area contributed by atoms with Gasteiger partial charge in [-0.05, 0) is 53.1 Å². The average molecular weight is 508 g/mol.